The standard InChI is InChI=1S/C6H10O3.C2H6O2/c1-4(2)6(8)9-5(3)7;3-1-2-4/h4H,1-3H3;3-4H,1-2H2. The van der Waals surface area contributed by atoms with Gasteiger partial charge in [-0.15, -0.1) is 0 Å². The van der Waals surface area contributed by atoms with E-state index in [2.05, 4.69) is 4.74 Å². The molecular formula is C8H16O5. The topological polar surface area (TPSA) is 83.8 Å². The van der Waals surface area contributed by atoms with Gasteiger partial charge in [-0.05, 0) is 0 Å². The van der Waals surface area contributed by atoms with E-state index in [0.29, 0.717) is 0 Å². The molecule has 0 aliphatic rings. The van der Waals surface area contributed by atoms with Crippen LogP contribution in [0.3, 0.4) is 0 Å². The molecule has 0 atom stereocenters. The smallest absolute Gasteiger partial charge is 0.316 e. The Morgan fingerprint density at radius 1 is 1.23 bits per heavy atom. The van der Waals surface area contributed by atoms with Crippen LogP contribution in [0.1, 0.15) is 20.8 Å². The molecule has 0 unspecified atom stereocenters. The SMILES string of the molecule is CC(=O)OC(=O)C(C)C.OCCO. The summed E-state index contributed by atoms with van der Waals surface area (Å²) in [5.41, 5.74) is 0. The molecular weight excluding hydrogens is 176 g/mol. The second kappa shape index (κ2) is 9.15. The van der Waals surface area contributed by atoms with Crippen molar-refractivity contribution >= 4 is 11.9 Å². The number of carbonyl (C=O) groups is 2. The molecule has 0 aromatic heterocycles. The molecule has 5 nitrogen and oxygen atoms in total. The second-order valence-corrected chi connectivity index (χ2v) is 2.51. The van der Waals surface area contributed by atoms with Crippen LogP contribution in [-0.4, -0.2) is 35.4 Å². The Labute approximate surface area is 77.3 Å². The van der Waals surface area contributed by atoms with Gasteiger partial charge in [0.25, 0.3) is 0 Å². The van der Waals surface area contributed by atoms with Crippen LogP contribution in [0.25, 0.3) is 0 Å². The van der Waals surface area contributed by atoms with E-state index < -0.39 is 11.9 Å². The van der Waals surface area contributed by atoms with Crippen molar-refractivity contribution in [1.29, 1.82) is 0 Å². The van der Waals surface area contributed by atoms with Gasteiger partial charge in [-0.25, -0.2) is 0 Å². The number of ether oxygens (including phenoxy) is 1. The van der Waals surface area contributed by atoms with Crippen molar-refractivity contribution in [2.45, 2.75) is 20.8 Å². The lowest BCUT2D eigenvalue weighted by Crippen LogP contribution is -2.14. The molecule has 5 heteroatoms. The maximum Gasteiger partial charge on any atom is 0.316 e. The zero-order valence-electron chi connectivity index (χ0n) is 8.11. The van der Waals surface area contributed by atoms with E-state index in [0.717, 1.165) is 0 Å². The maximum absolute atomic E-state index is 10.5. The molecule has 0 saturated carbocycles. The van der Waals surface area contributed by atoms with Crippen LogP contribution in [0.5, 0.6) is 0 Å². The minimum Gasteiger partial charge on any atom is -0.394 e. The molecule has 0 aliphatic carbocycles. The zero-order chi connectivity index (χ0) is 10.9. The fraction of sp³-hybridized carbons (Fsp3) is 0.750. The Morgan fingerprint density at radius 2 is 1.62 bits per heavy atom. The third-order valence-corrected chi connectivity index (χ3v) is 0.816. The average molecular weight is 192 g/mol. The van der Waals surface area contributed by atoms with Gasteiger partial charge in [-0.3, -0.25) is 9.59 Å². The van der Waals surface area contributed by atoms with Crippen molar-refractivity contribution in [3.63, 3.8) is 0 Å². The fourth-order valence-electron chi connectivity index (χ4n) is 0.260. The van der Waals surface area contributed by atoms with Crippen molar-refractivity contribution < 1.29 is 24.5 Å². The van der Waals surface area contributed by atoms with Crippen molar-refractivity contribution in [3.05, 3.63) is 0 Å². The molecule has 0 spiro atoms. The molecule has 0 aromatic carbocycles. The van der Waals surface area contributed by atoms with Gasteiger partial charge in [0.2, 0.25) is 0 Å². The first kappa shape index (κ1) is 14.6. The molecule has 0 radical (unpaired) electrons. The number of carbonyl (C=O) groups excluding carboxylic acids is 2. The number of aliphatic hydroxyl groups excluding tert-OH is 2. The molecule has 0 amide bonds. The van der Waals surface area contributed by atoms with Crippen molar-refractivity contribution in [2.75, 3.05) is 13.2 Å². The molecule has 78 valence electrons. The van der Waals surface area contributed by atoms with E-state index in [9.17, 15) is 9.59 Å². The third-order valence-electron chi connectivity index (χ3n) is 0.816. The summed E-state index contributed by atoms with van der Waals surface area (Å²) in [7, 11) is 0. The zero-order valence-corrected chi connectivity index (χ0v) is 8.11. The second-order valence-electron chi connectivity index (χ2n) is 2.51. The number of rotatable bonds is 2. The van der Waals surface area contributed by atoms with Crippen molar-refractivity contribution in [3.8, 4) is 0 Å². The Kier molecular flexibility index (Phi) is 10.3. The normalized spacial score (nSPS) is 8.77. The Morgan fingerprint density at radius 3 is 1.69 bits per heavy atom. The number of esters is 2. The molecule has 0 heterocycles. The Bertz CT molecular complexity index is 151. The number of hydrogen-bond acceptors (Lipinski definition) is 5. The monoisotopic (exact) mass is 192 g/mol. The van der Waals surface area contributed by atoms with E-state index in [-0.39, 0.29) is 19.1 Å². The highest BCUT2D eigenvalue weighted by Gasteiger charge is 2.09. The largest absolute Gasteiger partial charge is 0.394 e. The van der Waals surface area contributed by atoms with Crippen LogP contribution in [0.4, 0.5) is 0 Å². The molecule has 0 aliphatic heterocycles. The van der Waals surface area contributed by atoms with Crippen molar-refractivity contribution in [2.24, 2.45) is 5.92 Å². The van der Waals surface area contributed by atoms with Gasteiger partial charge in [0.1, 0.15) is 0 Å². The Balaban J connectivity index is 0. The van der Waals surface area contributed by atoms with E-state index >= 15 is 0 Å². The molecule has 0 rings (SSSR count). The van der Waals surface area contributed by atoms with Gasteiger partial charge in [-0.2, -0.15) is 0 Å². The summed E-state index contributed by atoms with van der Waals surface area (Å²) in [5.74, 6) is -1.25. The lowest BCUT2D eigenvalue weighted by atomic mass is 10.2. The fourth-order valence-corrected chi connectivity index (χ4v) is 0.260. The average Bonchev–Trinajstić information content (AvgIpc) is 2.03. The summed E-state index contributed by atoms with van der Waals surface area (Å²) in [6.45, 7) is 4.30. The molecule has 0 bridgehead atoms. The van der Waals surface area contributed by atoms with E-state index in [4.69, 9.17) is 10.2 Å². The maximum atomic E-state index is 10.5. The lowest BCUT2D eigenvalue weighted by molar-refractivity contribution is -0.160. The van der Waals surface area contributed by atoms with Crippen LogP contribution in [-0.2, 0) is 14.3 Å². The first-order valence-corrected chi connectivity index (χ1v) is 3.89. The lowest BCUT2D eigenvalue weighted by Gasteiger charge is -2.00. The molecule has 0 saturated heterocycles. The minimum absolute atomic E-state index is 0.125. The van der Waals surface area contributed by atoms with Crippen molar-refractivity contribution in [1.82, 2.24) is 0 Å². The van der Waals surface area contributed by atoms with Crippen LogP contribution in [0.15, 0.2) is 0 Å². The van der Waals surface area contributed by atoms with Gasteiger partial charge in [-0.1, -0.05) is 13.8 Å². The predicted molar refractivity (Wildman–Crippen MR) is 45.8 cm³/mol. The highest BCUT2D eigenvalue weighted by molar-refractivity contribution is 5.85. The first-order valence-electron chi connectivity index (χ1n) is 3.89. The summed E-state index contributed by atoms with van der Waals surface area (Å²) in [6, 6.07) is 0. The summed E-state index contributed by atoms with van der Waals surface area (Å²) in [6.07, 6.45) is 0. The van der Waals surface area contributed by atoms with Crippen LogP contribution >= 0.6 is 0 Å². The molecule has 13 heavy (non-hydrogen) atoms. The summed E-state index contributed by atoms with van der Waals surface area (Å²) in [4.78, 5) is 20.6. The van der Waals surface area contributed by atoms with Gasteiger partial charge < -0.3 is 14.9 Å². The van der Waals surface area contributed by atoms with Crippen LogP contribution in [0.2, 0.25) is 0 Å². The summed E-state index contributed by atoms with van der Waals surface area (Å²) in [5, 5.41) is 15.2. The van der Waals surface area contributed by atoms with Gasteiger partial charge in [0, 0.05) is 6.92 Å². The van der Waals surface area contributed by atoms with E-state index in [1.54, 1.807) is 13.8 Å². The van der Waals surface area contributed by atoms with E-state index in [1.807, 2.05) is 0 Å². The predicted octanol–water partition coefficient (Wildman–Crippen LogP) is -0.297. The van der Waals surface area contributed by atoms with Gasteiger partial charge in [0.05, 0.1) is 19.1 Å². The Hall–Kier alpha value is -0.940. The summed E-state index contributed by atoms with van der Waals surface area (Å²) < 4.78 is 4.23. The van der Waals surface area contributed by atoms with E-state index in [1.165, 1.54) is 6.92 Å². The first-order chi connectivity index (χ1) is 5.95. The molecule has 0 fully saturated rings. The number of aliphatic hydroxyl groups is 2. The molecule has 0 aromatic rings. The van der Waals surface area contributed by atoms with Crippen LogP contribution < -0.4 is 0 Å². The quantitative estimate of drug-likeness (QED) is 0.463. The number of hydrogen-bond donors (Lipinski definition) is 2. The highest BCUT2D eigenvalue weighted by Crippen LogP contribution is 1.94. The van der Waals surface area contributed by atoms with Gasteiger partial charge in [0.15, 0.2) is 0 Å². The highest BCUT2D eigenvalue weighted by atomic mass is 16.6. The van der Waals surface area contributed by atoms with Crippen LogP contribution in [0, 0.1) is 5.92 Å². The molecule has 2 N–H and O–H groups in total. The summed E-state index contributed by atoms with van der Waals surface area (Å²) >= 11 is 0. The van der Waals surface area contributed by atoms with Gasteiger partial charge >= 0.3 is 11.9 Å². The minimum atomic E-state index is -0.547. The third kappa shape index (κ3) is 14.0.